The van der Waals surface area contributed by atoms with Crippen molar-refractivity contribution in [3.8, 4) is 5.75 Å². The second kappa shape index (κ2) is 9.01. The van der Waals surface area contributed by atoms with E-state index in [2.05, 4.69) is 5.32 Å². The van der Waals surface area contributed by atoms with Crippen molar-refractivity contribution in [2.45, 2.75) is 26.4 Å². The number of nitrogens with one attached hydrogen (secondary N) is 1. The lowest BCUT2D eigenvalue weighted by Crippen LogP contribution is -2.33. The monoisotopic (exact) mass is 357 g/mol. The summed E-state index contributed by atoms with van der Waals surface area (Å²) in [4.78, 5) is 23.0. The summed E-state index contributed by atoms with van der Waals surface area (Å²) >= 11 is 0. The first-order chi connectivity index (χ1) is 12.4. The Hall–Kier alpha value is -2.86. The number of hydrogen-bond acceptors (Lipinski definition) is 4. The number of carboxylic acids is 1. The van der Waals surface area contributed by atoms with Gasteiger partial charge >= 0.3 is 5.97 Å². The van der Waals surface area contributed by atoms with Crippen molar-refractivity contribution in [2.75, 3.05) is 13.2 Å². The van der Waals surface area contributed by atoms with Crippen molar-refractivity contribution in [3.05, 3.63) is 64.7 Å². The Kier molecular flexibility index (Phi) is 6.74. The van der Waals surface area contributed by atoms with Gasteiger partial charge in [-0.3, -0.25) is 4.79 Å². The normalized spacial score (nSPS) is 11.7. The zero-order valence-electron chi connectivity index (χ0n) is 14.9. The standard InChI is InChI=1S/C20H23NO5/c1-13-8-16(9-14(2)19(13)26-12-18(23)24)20(25)21-11-17(22)10-15-6-4-3-5-7-15/h3-9,17,22H,10-12H2,1-2H3,(H,21,25)(H,23,24). The van der Waals surface area contributed by atoms with Gasteiger partial charge in [-0.1, -0.05) is 30.3 Å². The predicted molar refractivity (Wildman–Crippen MR) is 97.5 cm³/mol. The molecule has 0 saturated carbocycles. The summed E-state index contributed by atoms with van der Waals surface area (Å²) in [6, 6.07) is 12.8. The van der Waals surface area contributed by atoms with Crippen molar-refractivity contribution < 1.29 is 24.5 Å². The molecule has 2 aromatic rings. The minimum Gasteiger partial charge on any atom is -0.481 e. The molecule has 6 nitrogen and oxygen atoms in total. The van der Waals surface area contributed by atoms with Gasteiger partial charge in [0.05, 0.1) is 6.10 Å². The molecular weight excluding hydrogens is 334 g/mol. The highest BCUT2D eigenvalue weighted by Gasteiger charge is 2.14. The van der Waals surface area contributed by atoms with E-state index in [1.807, 2.05) is 30.3 Å². The van der Waals surface area contributed by atoms with E-state index in [1.54, 1.807) is 26.0 Å². The minimum absolute atomic E-state index is 0.142. The van der Waals surface area contributed by atoms with Gasteiger partial charge in [-0.15, -0.1) is 0 Å². The number of benzene rings is 2. The third-order valence-corrected chi connectivity index (χ3v) is 3.87. The number of aliphatic hydroxyl groups excluding tert-OH is 1. The lowest BCUT2D eigenvalue weighted by atomic mass is 10.0. The molecule has 0 saturated heterocycles. The molecule has 1 amide bonds. The first-order valence-corrected chi connectivity index (χ1v) is 8.33. The van der Waals surface area contributed by atoms with Gasteiger partial charge < -0.3 is 20.3 Å². The summed E-state index contributed by atoms with van der Waals surface area (Å²) in [5.74, 6) is -0.890. The van der Waals surface area contributed by atoms with E-state index < -0.39 is 18.7 Å². The quantitative estimate of drug-likeness (QED) is 0.672. The molecule has 0 radical (unpaired) electrons. The highest BCUT2D eigenvalue weighted by molar-refractivity contribution is 5.95. The summed E-state index contributed by atoms with van der Waals surface area (Å²) in [5, 5.41) is 21.5. The number of carbonyl (C=O) groups is 2. The second-order valence-electron chi connectivity index (χ2n) is 6.18. The molecule has 0 aromatic heterocycles. The average Bonchev–Trinajstić information content (AvgIpc) is 2.59. The fourth-order valence-corrected chi connectivity index (χ4v) is 2.71. The zero-order chi connectivity index (χ0) is 19.1. The number of amides is 1. The molecular formula is C20H23NO5. The van der Waals surface area contributed by atoms with Gasteiger partial charge in [0.25, 0.3) is 5.91 Å². The van der Waals surface area contributed by atoms with Crippen molar-refractivity contribution >= 4 is 11.9 Å². The first kappa shape index (κ1) is 19.5. The minimum atomic E-state index is -1.06. The number of hydrogen-bond donors (Lipinski definition) is 3. The lowest BCUT2D eigenvalue weighted by molar-refractivity contribution is -0.139. The van der Waals surface area contributed by atoms with Gasteiger partial charge in [-0.2, -0.15) is 0 Å². The Bertz CT molecular complexity index is 750. The highest BCUT2D eigenvalue weighted by Crippen LogP contribution is 2.24. The molecule has 1 unspecified atom stereocenters. The Morgan fingerprint density at radius 2 is 1.73 bits per heavy atom. The second-order valence-corrected chi connectivity index (χ2v) is 6.18. The number of rotatable bonds is 8. The number of carbonyl (C=O) groups excluding carboxylic acids is 1. The maximum Gasteiger partial charge on any atom is 0.341 e. The highest BCUT2D eigenvalue weighted by atomic mass is 16.5. The van der Waals surface area contributed by atoms with E-state index in [0.29, 0.717) is 28.9 Å². The SMILES string of the molecule is Cc1cc(C(=O)NCC(O)Cc2ccccc2)cc(C)c1OCC(=O)O. The number of aryl methyl sites for hydroxylation is 2. The molecule has 26 heavy (non-hydrogen) atoms. The molecule has 2 aromatic carbocycles. The van der Waals surface area contributed by atoms with Crippen LogP contribution in [0.15, 0.2) is 42.5 Å². The molecule has 0 heterocycles. The van der Waals surface area contributed by atoms with Gasteiger partial charge in [0.15, 0.2) is 6.61 Å². The Morgan fingerprint density at radius 3 is 2.31 bits per heavy atom. The van der Waals surface area contributed by atoms with Crippen LogP contribution in [0.1, 0.15) is 27.0 Å². The van der Waals surface area contributed by atoms with Crippen LogP contribution in [0.3, 0.4) is 0 Å². The van der Waals surface area contributed by atoms with Crippen LogP contribution >= 0.6 is 0 Å². The number of ether oxygens (including phenoxy) is 1. The summed E-state index contributed by atoms with van der Waals surface area (Å²) in [7, 11) is 0. The summed E-state index contributed by atoms with van der Waals surface area (Å²) in [6.07, 6.45) is -0.219. The van der Waals surface area contributed by atoms with Crippen molar-refractivity contribution in [1.82, 2.24) is 5.32 Å². The fraction of sp³-hybridized carbons (Fsp3) is 0.300. The summed E-state index contributed by atoms with van der Waals surface area (Å²) in [6.45, 7) is 3.22. The number of aliphatic hydroxyl groups is 1. The molecule has 2 rings (SSSR count). The summed E-state index contributed by atoms with van der Waals surface area (Å²) in [5.41, 5.74) is 2.80. The van der Waals surface area contributed by atoms with Crippen LogP contribution < -0.4 is 10.1 Å². The van der Waals surface area contributed by atoms with E-state index in [9.17, 15) is 14.7 Å². The third-order valence-electron chi connectivity index (χ3n) is 3.87. The Morgan fingerprint density at radius 1 is 1.12 bits per heavy atom. The van der Waals surface area contributed by atoms with Crippen LogP contribution in [-0.2, 0) is 11.2 Å². The van der Waals surface area contributed by atoms with E-state index >= 15 is 0 Å². The first-order valence-electron chi connectivity index (χ1n) is 8.33. The molecule has 0 aliphatic rings. The molecule has 138 valence electrons. The number of carboxylic acid groups (broad SMARTS) is 1. The topological polar surface area (TPSA) is 95.9 Å². The van der Waals surface area contributed by atoms with Gasteiger partial charge in [-0.25, -0.2) is 4.79 Å². The Labute approximate surface area is 152 Å². The van der Waals surface area contributed by atoms with Gasteiger partial charge in [0, 0.05) is 18.5 Å². The largest absolute Gasteiger partial charge is 0.481 e. The molecule has 1 atom stereocenters. The predicted octanol–water partition coefficient (Wildman–Crippen LogP) is 2.10. The van der Waals surface area contributed by atoms with E-state index in [4.69, 9.17) is 9.84 Å². The molecule has 0 aliphatic carbocycles. The average molecular weight is 357 g/mol. The molecule has 0 bridgehead atoms. The maximum absolute atomic E-state index is 12.3. The van der Waals surface area contributed by atoms with Crippen LogP contribution in [0.25, 0.3) is 0 Å². The van der Waals surface area contributed by atoms with E-state index in [1.165, 1.54) is 0 Å². The third kappa shape index (κ3) is 5.60. The van der Waals surface area contributed by atoms with Crippen LogP contribution in [0.2, 0.25) is 0 Å². The van der Waals surface area contributed by atoms with Crippen LogP contribution in [0.4, 0.5) is 0 Å². The zero-order valence-corrected chi connectivity index (χ0v) is 14.9. The fourth-order valence-electron chi connectivity index (χ4n) is 2.71. The van der Waals surface area contributed by atoms with Gasteiger partial charge in [-0.05, 0) is 42.7 Å². The van der Waals surface area contributed by atoms with Crippen molar-refractivity contribution in [1.29, 1.82) is 0 Å². The summed E-state index contributed by atoms with van der Waals surface area (Å²) < 4.78 is 5.26. The lowest BCUT2D eigenvalue weighted by Gasteiger charge is -2.15. The number of aliphatic carboxylic acids is 1. The van der Waals surface area contributed by atoms with Crippen LogP contribution in [0, 0.1) is 13.8 Å². The smallest absolute Gasteiger partial charge is 0.341 e. The molecule has 3 N–H and O–H groups in total. The van der Waals surface area contributed by atoms with Crippen molar-refractivity contribution in [3.63, 3.8) is 0 Å². The van der Waals surface area contributed by atoms with Gasteiger partial charge in [0.2, 0.25) is 0 Å². The van der Waals surface area contributed by atoms with Crippen molar-refractivity contribution in [2.24, 2.45) is 0 Å². The van der Waals surface area contributed by atoms with Gasteiger partial charge in [0.1, 0.15) is 5.75 Å². The maximum atomic E-state index is 12.3. The molecule has 0 aliphatic heterocycles. The molecule has 0 fully saturated rings. The molecule has 6 heteroatoms. The Balaban J connectivity index is 1.95. The van der Waals surface area contributed by atoms with Crippen LogP contribution in [-0.4, -0.2) is 41.3 Å². The van der Waals surface area contributed by atoms with Crippen LogP contribution in [0.5, 0.6) is 5.75 Å². The van der Waals surface area contributed by atoms with E-state index in [-0.39, 0.29) is 12.5 Å². The van der Waals surface area contributed by atoms with E-state index in [0.717, 1.165) is 5.56 Å². The molecule has 0 spiro atoms.